The lowest BCUT2D eigenvalue weighted by atomic mass is 10.1. The number of aromatic carboxylic acids is 1. The van der Waals surface area contributed by atoms with Crippen molar-refractivity contribution in [3.8, 4) is 0 Å². The molecule has 0 saturated carbocycles. The van der Waals surface area contributed by atoms with Gasteiger partial charge in [-0.1, -0.05) is 19.1 Å². The number of nitrogens with one attached hydrogen (secondary N) is 1. The molecule has 1 aromatic heterocycles. The Morgan fingerprint density at radius 3 is 2.61 bits per heavy atom. The van der Waals surface area contributed by atoms with Crippen molar-refractivity contribution in [2.45, 2.75) is 13.3 Å². The molecule has 0 aliphatic rings. The second-order valence-electron chi connectivity index (χ2n) is 4.01. The van der Waals surface area contributed by atoms with Gasteiger partial charge in [0.2, 0.25) is 0 Å². The van der Waals surface area contributed by atoms with Crippen molar-refractivity contribution in [1.29, 1.82) is 0 Å². The second-order valence-corrected chi connectivity index (χ2v) is 4.01. The van der Waals surface area contributed by atoms with Crippen molar-refractivity contribution in [2.24, 2.45) is 7.05 Å². The van der Waals surface area contributed by atoms with E-state index in [1.165, 1.54) is 16.4 Å². The van der Waals surface area contributed by atoms with Gasteiger partial charge in [0.1, 0.15) is 0 Å². The van der Waals surface area contributed by atoms with Gasteiger partial charge >= 0.3 is 5.97 Å². The number of aromatic nitrogens is 2. The Balaban J connectivity index is 2.25. The summed E-state index contributed by atoms with van der Waals surface area (Å²) in [6.07, 6.45) is 2.49. The number of benzene rings is 1. The minimum Gasteiger partial charge on any atom is -0.476 e. The Morgan fingerprint density at radius 1 is 1.39 bits per heavy atom. The van der Waals surface area contributed by atoms with Gasteiger partial charge in [0.25, 0.3) is 0 Å². The van der Waals surface area contributed by atoms with E-state index >= 15 is 0 Å². The first-order valence-electron chi connectivity index (χ1n) is 5.73. The SMILES string of the molecule is CCc1ccc(Nc2cnn(C)c2C(=O)O)cc1. The molecule has 1 heterocycles. The molecule has 2 aromatic rings. The minimum atomic E-state index is -0.998. The van der Waals surface area contributed by atoms with Crippen LogP contribution in [0.1, 0.15) is 23.0 Å². The lowest BCUT2D eigenvalue weighted by Crippen LogP contribution is -2.07. The molecule has 94 valence electrons. The van der Waals surface area contributed by atoms with Crippen LogP contribution in [0, 0.1) is 0 Å². The molecular formula is C13H15N3O2. The highest BCUT2D eigenvalue weighted by molar-refractivity contribution is 5.93. The van der Waals surface area contributed by atoms with E-state index < -0.39 is 5.97 Å². The van der Waals surface area contributed by atoms with Gasteiger partial charge in [-0.25, -0.2) is 4.79 Å². The van der Waals surface area contributed by atoms with Crippen LogP contribution in [0.25, 0.3) is 0 Å². The molecule has 0 radical (unpaired) electrons. The van der Waals surface area contributed by atoms with Crippen molar-refractivity contribution in [1.82, 2.24) is 9.78 Å². The van der Waals surface area contributed by atoms with E-state index in [0.717, 1.165) is 12.1 Å². The lowest BCUT2D eigenvalue weighted by Gasteiger charge is -2.06. The number of rotatable bonds is 4. The van der Waals surface area contributed by atoms with Gasteiger partial charge in [0.15, 0.2) is 5.69 Å². The van der Waals surface area contributed by atoms with Crippen molar-refractivity contribution in [3.63, 3.8) is 0 Å². The highest BCUT2D eigenvalue weighted by atomic mass is 16.4. The number of carbonyl (C=O) groups is 1. The Labute approximate surface area is 105 Å². The van der Waals surface area contributed by atoms with E-state index in [2.05, 4.69) is 17.3 Å². The second kappa shape index (κ2) is 4.91. The van der Waals surface area contributed by atoms with Gasteiger partial charge in [-0.05, 0) is 24.1 Å². The van der Waals surface area contributed by atoms with Crippen LogP contribution < -0.4 is 5.32 Å². The van der Waals surface area contributed by atoms with Gasteiger partial charge in [-0.2, -0.15) is 5.10 Å². The summed E-state index contributed by atoms with van der Waals surface area (Å²) in [6.45, 7) is 2.09. The number of hydrogen-bond donors (Lipinski definition) is 2. The van der Waals surface area contributed by atoms with Gasteiger partial charge < -0.3 is 10.4 Å². The van der Waals surface area contributed by atoms with Crippen molar-refractivity contribution in [3.05, 3.63) is 41.7 Å². The van der Waals surface area contributed by atoms with Gasteiger partial charge in [-0.15, -0.1) is 0 Å². The van der Waals surface area contributed by atoms with E-state index in [1.807, 2.05) is 24.3 Å². The number of nitrogens with zero attached hydrogens (tertiary/aromatic N) is 2. The zero-order valence-electron chi connectivity index (χ0n) is 10.3. The third-order valence-electron chi connectivity index (χ3n) is 2.78. The molecule has 18 heavy (non-hydrogen) atoms. The average molecular weight is 245 g/mol. The minimum absolute atomic E-state index is 0.148. The molecular weight excluding hydrogens is 230 g/mol. The molecule has 0 spiro atoms. The zero-order valence-corrected chi connectivity index (χ0v) is 10.3. The van der Waals surface area contributed by atoms with Crippen LogP contribution in [0.2, 0.25) is 0 Å². The van der Waals surface area contributed by atoms with Crippen LogP contribution in [-0.2, 0) is 13.5 Å². The normalized spacial score (nSPS) is 10.3. The Kier molecular flexibility index (Phi) is 3.32. The lowest BCUT2D eigenvalue weighted by molar-refractivity contribution is 0.0686. The Bertz CT molecular complexity index is 558. The Hall–Kier alpha value is -2.30. The van der Waals surface area contributed by atoms with E-state index in [0.29, 0.717) is 5.69 Å². The maximum atomic E-state index is 11.1. The third-order valence-corrected chi connectivity index (χ3v) is 2.78. The first kappa shape index (κ1) is 12.2. The quantitative estimate of drug-likeness (QED) is 0.868. The standard InChI is InChI=1S/C13H15N3O2/c1-3-9-4-6-10(7-5-9)15-11-8-14-16(2)12(11)13(17)18/h4-8,15H,3H2,1-2H3,(H,17,18). The summed E-state index contributed by atoms with van der Waals surface area (Å²) in [5, 5.41) is 16.1. The largest absolute Gasteiger partial charge is 0.476 e. The molecule has 0 atom stereocenters. The fourth-order valence-electron chi connectivity index (χ4n) is 1.76. The first-order valence-corrected chi connectivity index (χ1v) is 5.73. The van der Waals surface area contributed by atoms with Crippen LogP contribution in [0.3, 0.4) is 0 Å². The summed E-state index contributed by atoms with van der Waals surface area (Å²) in [5.74, 6) is -0.998. The van der Waals surface area contributed by atoms with Gasteiger partial charge in [0.05, 0.1) is 11.9 Å². The predicted octanol–water partition coefficient (Wildman–Crippen LogP) is 2.42. The van der Waals surface area contributed by atoms with Crippen LogP contribution >= 0.6 is 0 Å². The molecule has 0 aliphatic carbocycles. The fraction of sp³-hybridized carbons (Fsp3) is 0.231. The van der Waals surface area contributed by atoms with E-state index in [-0.39, 0.29) is 5.69 Å². The van der Waals surface area contributed by atoms with Crippen LogP contribution in [0.15, 0.2) is 30.5 Å². The smallest absolute Gasteiger partial charge is 0.356 e. The highest BCUT2D eigenvalue weighted by Gasteiger charge is 2.15. The molecule has 5 heteroatoms. The summed E-state index contributed by atoms with van der Waals surface area (Å²) in [7, 11) is 1.61. The van der Waals surface area contributed by atoms with Crippen LogP contribution in [0.4, 0.5) is 11.4 Å². The third kappa shape index (κ3) is 2.34. The predicted molar refractivity (Wildman–Crippen MR) is 69.3 cm³/mol. The molecule has 2 N–H and O–H groups in total. The van der Waals surface area contributed by atoms with Gasteiger partial charge in [0, 0.05) is 12.7 Å². The molecule has 0 aliphatic heterocycles. The highest BCUT2D eigenvalue weighted by Crippen LogP contribution is 2.20. The van der Waals surface area contributed by atoms with Gasteiger partial charge in [-0.3, -0.25) is 4.68 Å². The molecule has 5 nitrogen and oxygen atoms in total. The maximum Gasteiger partial charge on any atom is 0.356 e. The van der Waals surface area contributed by atoms with E-state index in [4.69, 9.17) is 5.11 Å². The summed E-state index contributed by atoms with van der Waals surface area (Å²) in [5.41, 5.74) is 2.73. The molecule has 1 aromatic carbocycles. The monoisotopic (exact) mass is 245 g/mol. The summed E-state index contributed by atoms with van der Waals surface area (Å²) < 4.78 is 1.34. The molecule has 2 rings (SSSR count). The molecule has 0 amide bonds. The molecule has 0 unspecified atom stereocenters. The van der Waals surface area contributed by atoms with Crippen molar-refractivity contribution >= 4 is 17.3 Å². The summed E-state index contributed by atoms with van der Waals surface area (Å²) >= 11 is 0. The van der Waals surface area contributed by atoms with Crippen molar-refractivity contribution in [2.75, 3.05) is 5.32 Å². The zero-order chi connectivity index (χ0) is 13.1. The average Bonchev–Trinajstić information content (AvgIpc) is 2.71. The number of carboxylic acids is 1. The van der Waals surface area contributed by atoms with Crippen LogP contribution in [0.5, 0.6) is 0 Å². The number of anilines is 2. The molecule has 0 fully saturated rings. The Morgan fingerprint density at radius 2 is 2.06 bits per heavy atom. The van der Waals surface area contributed by atoms with Crippen molar-refractivity contribution < 1.29 is 9.90 Å². The topological polar surface area (TPSA) is 67.2 Å². The summed E-state index contributed by atoms with van der Waals surface area (Å²) in [6, 6.07) is 7.88. The number of carboxylic acid groups (broad SMARTS) is 1. The first-order chi connectivity index (χ1) is 8.61. The van der Waals surface area contributed by atoms with E-state index in [1.54, 1.807) is 7.05 Å². The number of hydrogen-bond acceptors (Lipinski definition) is 3. The maximum absolute atomic E-state index is 11.1. The number of aryl methyl sites for hydroxylation is 2. The summed E-state index contributed by atoms with van der Waals surface area (Å²) in [4.78, 5) is 11.1. The fourth-order valence-corrected chi connectivity index (χ4v) is 1.76. The van der Waals surface area contributed by atoms with E-state index in [9.17, 15) is 4.79 Å². The van der Waals surface area contributed by atoms with Crippen LogP contribution in [-0.4, -0.2) is 20.9 Å². The molecule has 0 bridgehead atoms. The molecule has 0 saturated heterocycles.